The molecule has 1 saturated heterocycles. The third-order valence-electron chi connectivity index (χ3n) is 3.43. The molecule has 0 radical (unpaired) electrons. The maximum Gasteiger partial charge on any atom is 0.234 e. The molecule has 5 heteroatoms. The van der Waals surface area contributed by atoms with Gasteiger partial charge >= 0.3 is 0 Å². The average molecular weight is 247 g/mol. The molecule has 2 heterocycles. The fourth-order valence-corrected chi connectivity index (χ4v) is 2.22. The summed E-state index contributed by atoms with van der Waals surface area (Å²) in [4.78, 5) is 4.34. The smallest absolute Gasteiger partial charge is 0.234 e. The van der Waals surface area contributed by atoms with E-state index < -0.39 is 0 Å². The maximum absolute atomic E-state index is 13.6. The quantitative estimate of drug-likeness (QED) is 0.883. The van der Waals surface area contributed by atoms with Crippen LogP contribution in [0.4, 0.5) is 4.39 Å². The fourth-order valence-electron chi connectivity index (χ4n) is 2.22. The zero-order valence-corrected chi connectivity index (χ0v) is 10.1. The lowest BCUT2D eigenvalue weighted by Crippen LogP contribution is -2.25. The molecule has 0 bridgehead atoms. The van der Waals surface area contributed by atoms with Crippen LogP contribution < -0.4 is 5.32 Å². The van der Waals surface area contributed by atoms with Crippen LogP contribution in [0.5, 0.6) is 0 Å². The number of nitrogens with zero attached hydrogens (tertiary/aromatic N) is 2. The highest BCUT2D eigenvalue weighted by Gasteiger charge is 2.36. The summed E-state index contributed by atoms with van der Waals surface area (Å²) in [5.41, 5.74) is 0.235. The molecule has 0 amide bonds. The minimum Gasteiger partial charge on any atom is -0.338 e. The number of rotatable bonds is 2. The topological polar surface area (TPSA) is 51.0 Å². The average Bonchev–Trinajstić information content (AvgIpc) is 2.99. The number of hydrogen-bond donors (Lipinski definition) is 1. The molecule has 1 atom stereocenters. The number of aromatic nitrogens is 2. The van der Waals surface area contributed by atoms with E-state index >= 15 is 0 Å². The first-order chi connectivity index (χ1) is 8.69. The maximum atomic E-state index is 13.6. The van der Waals surface area contributed by atoms with E-state index in [4.69, 9.17) is 4.52 Å². The summed E-state index contributed by atoms with van der Waals surface area (Å²) in [6.45, 7) is 3.82. The van der Waals surface area contributed by atoms with Crippen molar-refractivity contribution in [3.63, 3.8) is 0 Å². The molecular formula is C13H14FN3O. The Hall–Kier alpha value is -1.75. The highest BCUT2D eigenvalue weighted by Crippen LogP contribution is 2.30. The Bertz CT molecular complexity index is 561. The minimum absolute atomic E-state index is 0.142. The molecule has 1 N–H and O–H groups in total. The van der Waals surface area contributed by atoms with Gasteiger partial charge < -0.3 is 9.84 Å². The lowest BCUT2D eigenvalue weighted by molar-refractivity contribution is 0.306. The van der Waals surface area contributed by atoms with E-state index in [0.717, 1.165) is 19.5 Å². The van der Waals surface area contributed by atoms with Crippen molar-refractivity contribution < 1.29 is 8.91 Å². The van der Waals surface area contributed by atoms with Crippen molar-refractivity contribution in [2.24, 2.45) is 0 Å². The van der Waals surface area contributed by atoms with E-state index in [1.807, 2.05) is 0 Å². The van der Waals surface area contributed by atoms with Gasteiger partial charge in [0.05, 0.1) is 11.0 Å². The van der Waals surface area contributed by atoms with Crippen molar-refractivity contribution in [1.82, 2.24) is 15.5 Å². The lowest BCUT2D eigenvalue weighted by atomic mass is 9.90. The minimum atomic E-state index is -0.334. The third-order valence-corrected chi connectivity index (χ3v) is 3.43. The van der Waals surface area contributed by atoms with Crippen molar-refractivity contribution in [3.8, 4) is 11.4 Å². The van der Waals surface area contributed by atoms with Gasteiger partial charge in [0, 0.05) is 6.54 Å². The van der Waals surface area contributed by atoms with Gasteiger partial charge in [-0.15, -0.1) is 0 Å². The van der Waals surface area contributed by atoms with Gasteiger partial charge in [-0.2, -0.15) is 4.98 Å². The molecule has 1 aromatic heterocycles. The Morgan fingerprint density at radius 1 is 1.39 bits per heavy atom. The second kappa shape index (κ2) is 4.17. The monoisotopic (exact) mass is 247 g/mol. The van der Waals surface area contributed by atoms with E-state index in [-0.39, 0.29) is 11.2 Å². The highest BCUT2D eigenvalue weighted by atomic mass is 19.1. The van der Waals surface area contributed by atoms with E-state index in [2.05, 4.69) is 22.4 Å². The molecule has 1 fully saturated rings. The van der Waals surface area contributed by atoms with Crippen LogP contribution in [0.3, 0.4) is 0 Å². The summed E-state index contributed by atoms with van der Waals surface area (Å²) in [6.07, 6.45) is 0.950. The Morgan fingerprint density at radius 3 is 2.94 bits per heavy atom. The molecule has 2 aromatic rings. The second-order valence-electron chi connectivity index (χ2n) is 4.89. The van der Waals surface area contributed by atoms with Crippen LogP contribution in [-0.2, 0) is 5.41 Å². The third kappa shape index (κ3) is 1.80. The van der Waals surface area contributed by atoms with Gasteiger partial charge in [0.1, 0.15) is 5.82 Å². The molecule has 1 aromatic carbocycles. The summed E-state index contributed by atoms with van der Waals surface area (Å²) in [7, 11) is 0. The Balaban J connectivity index is 1.97. The molecule has 3 rings (SSSR count). The van der Waals surface area contributed by atoms with Crippen LogP contribution in [0.25, 0.3) is 11.4 Å². The lowest BCUT2D eigenvalue weighted by Gasteiger charge is -2.15. The Labute approximate surface area is 104 Å². The molecule has 94 valence electrons. The Morgan fingerprint density at radius 2 is 2.22 bits per heavy atom. The predicted octanol–water partition coefficient (Wildman–Crippen LogP) is 2.13. The van der Waals surface area contributed by atoms with Crippen LogP contribution in [0.15, 0.2) is 28.8 Å². The van der Waals surface area contributed by atoms with Crippen molar-refractivity contribution in [1.29, 1.82) is 0 Å². The van der Waals surface area contributed by atoms with Gasteiger partial charge in [0.2, 0.25) is 11.7 Å². The van der Waals surface area contributed by atoms with Crippen LogP contribution >= 0.6 is 0 Å². The summed E-state index contributed by atoms with van der Waals surface area (Å²) >= 11 is 0. The number of nitrogens with one attached hydrogen (secondary N) is 1. The van der Waals surface area contributed by atoms with Gasteiger partial charge in [-0.25, -0.2) is 4.39 Å². The van der Waals surface area contributed by atoms with Crippen molar-refractivity contribution in [3.05, 3.63) is 36.0 Å². The second-order valence-corrected chi connectivity index (χ2v) is 4.89. The fraction of sp³-hybridized carbons (Fsp3) is 0.385. The first kappa shape index (κ1) is 11.3. The first-order valence-electron chi connectivity index (χ1n) is 5.99. The normalized spacial score (nSPS) is 23.4. The predicted molar refractivity (Wildman–Crippen MR) is 64.5 cm³/mol. The van der Waals surface area contributed by atoms with E-state index in [0.29, 0.717) is 17.3 Å². The summed E-state index contributed by atoms with van der Waals surface area (Å²) < 4.78 is 18.9. The summed E-state index contributed by atoms with van der Waals surface area (Å²) in [6, 6.07) is 6.44. The van der Waals surface area contributed by atoms with Crippen molar-refractivity contribution in [2.75, 3.05) is 13.1 Å². The van der Waals surface area contributed by atoms with E-state index in [1.54, 1.807) is 18.2 Å². The number of benzene rings is 1. The molecule has 4 nitrogen and oxygen atoms in total. The Kier molecular flexibility index (Phi) is 2.63. The van der Waals surface area contributed by atoms with Gasteiger partial charge in [-0.05, 0) is 32.0 Å². The van der Waals surface area contributed by atoms with Gasteiger partial charge in [-0.3, -0.25) is 0 Å². The van der Waals surface area contributed by atoms with Crippen molar-refractivity contribution in [2.45, 2.75) is 18.8 Å². The standard InChI is InChI=1S/C13H14FN3O/c1-13(6-7-15-8-13)12-16-11(17-18-12)9-4-2-3-5-10(9)14/h2-5,15H,6-8H2,1H3. The van der Waals surface area contributed by atoms with Crippen LogP contribution in [0.1, 0.15) is 19.2 Å². The van der Waals surface area contributed by atoms with E-state index in [1.165, 1.54) is 6.07 Å². The summed E-state index contributed by atoms with van der Waals surface area (Å²) in [5.74, 6) is 0.557. The molecular weight excluding hydrogens is 233 g/mol. The SMILES string of the molecule is CC1(c2nc(-c3ccccc3F)no2)CCNC1. The molecule has 0 spiro atoms. The zero-order chi connectivity index (χ0) is 12.6. The summed E-state index contributed by atoms with van der Waals surface area (Å²) in [5, 5.41) is 7.15. The molecule has 0 aliphatic carbocycles. The number of hydrogen-bond acceptors (Lipinski definition) is 4. The van der Waals surface area contributed by atoms with E-state index in [9.17, 15) is 4.39 Å². The largest absolute Gasteiger partial charge is 0.338 e. The molecule has 18 heavy (non-hydrogen) atoms. The van der Waals surface area contributed by atoms with Crippen LogP contribution in [0, 0.1) is 5.82 Å². The van der Waals surface area contributed by atoms with Crippen LogP contribution in [-0.4, -0.2) is 23.2 Å². The first-order valence-corrected chi connectivity index (χ1v) is 5.99. The highest BCUT2D eigenvalue weighted by molar-refractivity contribution is 5.54. The van der Waals surface area contributed by atoms with Crippen LogP contribution in [0.2, 0.25) is 0 Å². The molecule has 1 aliphatic heterocycles. The molecule has 1 unspecified atom stereocenters. The van der Waals surface area contributed by atoms with Gasteiger partial charge in [0.25, 0.3) is 0 Å². The molecule has 1 aliphatic rings. The molecule has 0 saturated carbocycles. The van der Waals surface area contributed by atoms with Gasteiger partial charge in [-0.1, -0.05) is 17.3 Å². The van der Waals surface area contributed by atoms with Crippen molar-refractivity contribution >= 4 is 0 Å². The number of halogens is 1. The zero-order valence-electron chi connectivity index (χ0n) is 10.1. The van der Waals surface area contributed by atoms with Gasteiger partial charge in [0.15, 0.2) is 0 Å².